The van der Waals surface area contributed by atoms with Gasteiger partial charge in [-0.25, -0.2) is 20.3 Å². The maximum absolute atomic E-state index is 12.0. The van der Waals surface area contributed by atoms with Crippen molar-refractivity contribution in [1.29, 1.82) is 0 Å². The molecule has 10 heteroatoms. The van der Waals surface area contributed by atoms with E-state index in [0.29, 0.717) is 11.5 Å². The van der Waals surface area contributed by atoms with Crippen LogP contribution in [-0.4, -0.2) is 58.7 Å². The lowest BCUT2D eigenvalue weighted by Crippen LogP contribution is -2.30. The third-order valence-electron chi connectivity index (χ3n) is 4.44. The Balaban J connectivity index is 1.59. The van der Waals surface area contributed by atoms with Crippen molar-refractivity contribution < 1.29 is 14.8 Å². The van der Waals surface area contributed by atoms with Crippen LogP contribution in [0.3, 0.4) is 0 Å². The zero-order chi connectivity index (χ0) is 18.0. The maximum Gasteiger partial charge on any atom is 0.331 e. The van der Waals surface area contributed by atoms with E-state index in [1.807, 2.05) is 5.48 Å². The minimum atomic E-state index is -0.348. The smallest absolute Gasteiger partial charge is 0.331 e. The van der Waals surface area contributed by atoms with Gasteiger partial charge in [-0.1, -0.05) is 0 Å². The number of nitrogens with zero attached hydrogens (tertiary/aromatic N) is 4. The third-order valence-corrected chi connectivity index (χ3v) is 4.44. The number of hydroxylamine groups is 1. The van der Waals surface area contributed by atoms with E-state index >= 15 is 0 Å². The Kier molecular flexibility index (Phi) is 4.70. The molecular formula is C15H21N7O3. The number of aromatic nitrogens is 1. The number of carbonyl (C=O) groups is 2. The highest BCUT2D eigenvalue weighted by molar-refractivity contribution is 6.11. The fourth-order valence-electron chi connectivity index (χ4n) is 3.07. The van der Waals surface area contributed by atoms with Gasteiger partial charge in [0, 0.05) is 13.1 Å². The maximum atomic E-state index is 12.0. The van der Waals surface area contributed by atoms with Crippen molar-refractivity contribution in [2.45, 2.75) is 31.3 Å². The molecule has 2 fully saturated rings. The van der Waals surface area contributed by atoms with Gasteiger partial charge in [0.15, 0.2) is 0 Å². The number of nitrogens with one attached hydrogen (secondary N) is 2. The van der Waals surface area contributed by atoms with E-state index in [-0.39, 0.29) is 36.5 Å². The number of guanidine groups is 1. The van der Waals surface area contributed by atoms with Gasteiger partial charge in [0.2, 0.25) is 11.9 Å². The van der Waals surface area contributed by atoms with Crippen LogP contribution in [0.25, 0.3) is 0 Å². The lowest BCUT2D eigenvalue weighted by Gasteiger charge is -2.16. The van der Waals surface area contributed by atoms with Gasteiger partial charge in [-0.2, -0.15) is 0 Å². The Morgan fingerprint density at radius 2 is 2.20 bits per heavy atom. The van der Waals surface area contributed by atoms with Crippen LogP contribution in [0.15, 0.2) is 23.3 Å². The summed E-state index contributed by atoms with van der Waals surface area (Å²) in [6.07, 6.45) is 4.15. The Labute approximate surface area is 144 Å². The molecule has 0 unspecified atom stereocenters. The number of likely N-dealkylation sites (N-methyl/N-ethyl adjacent to an activating group) is 1. The largest absolute Gasteiger partial charge is 0.368 e. The summed E-state index contributed by atoms with van der Waals surface area (Å²) in [4.78, 5) is 34.5. The number of urea groups is 1. The molecule has 0 radical (unpaired) electrons. The molecule has 25 heavy (non-hydrogen) atoms. The number of amides is 3. The molecule has 134 valence electrons. The van der Waals surface area contributed by atoms with Crippen LogP contribution in [0.4, 0.5) is 16.3 Å². The van der Waals surface area contributed by atoms with Crippen molar-refractivity contribution in [2.75, 3.05) is 23.8 Å². The number of anilines is 2. The number of carbonyl (C=O) groups excluding carboxylic acids is 2. The highest BCUT2D eigenvalue weighted by Crippen LogP contribution is 2.26. The minimum absolute atomic E-state index is 0.0166. The molecule has 0 bridgehead atoms. The Bertz CT molecular complexity index is 691. The molecule has 1 saturated carbocycles. The van der Waals surface area contributed by atoms with Crippen molar-refractivity contribution in [3.63, 3.8) is 0 Å². The monoisotopic (exact) mass is 347 g/mol. The zero-order valence-corrected chi connectivity index (χ0v) is 13.8. The lowest BCUT2D eigenvalue weighted by atomic mass is 10.2. The van der Waals surface area contributed by atoms with Gasteiger partial charge < -0.3 is 11.1 Å². The van der Waals surface area contributed by atoms with Gasteiger partial charge in [0.25, 0.3) is 0 Å². The van der Waals surface area contributed by atoms with Crippen molar-refractivity contribution in [1.82, 2.24) is 15.4 Å². The number of pyridine rings is 1. The second-order valence-corrected chi connectivity index (χ2v) is 6.16. The minimum Gasteiger partial charge on any atom is -0.368 e. The van der Waals surface area contributed by atoms with Gasteiger partial charge in [0.1, 0.15) is 12.4 Å². The molecule has 3 rings (SSSR count). The summed E-state index contributed by atoms with van der Waals surface area (Å²) in [7, 11) is 1.46. The topological polar surface area (TPSA) is 136 Å². The van der Waals surface area contributed by atoms with Crippen LogP contribution in [0.2, 0.25) is 0 Å². The summed E-state index contributed by atoms with van der Waals surface area (Å²) in [6, 6.07) is 3.46. The SMILES string of the molecule is CN1C(=O)CN(c2ccc(N[C@H]3CC[C@H](N=C(N)NO)C3)nc2)C1=O. The third kappa shape index (κ3) is 3.63. The van der Waals surface area contributed by atoms with Crippen LogP contribution in [0.5, 0.6) is 0 Å². The molecule has 1 aliphatic heterocycles. The summed E-state index contributed by atoms with van der Waals surface area (Å²) in [6.45, 7) is 0.0341. The predicted octanol–water partition coefficient (Wildman–Crippen LogP) is 0.107. The number of rotatable bonds is 4. The zero-order valence-electron chi connectivity index (χ0n) is 13.8. The first-order chi connectivity index (χ1) is 12.0. The van der Waals surface area contributed by atoms with Crippen molar-refractivity contribution in [3.05, 3.63) is 18.3 Å². The number of imide groups is 1. The first-order valence-electron chi connectivity index (χ1n) is 8.02. The molecule has 1 aromatic rings. The van der Waals surface area contributed by atoms with Crippen LogP contribution in [-0.2, 0) is 4.79 Å². The number of hydrogen-bond acceptors (Lipinski definition) is 6. The van der Waals surface area contributed by atoms with E-state index in [1.165, 1.54) is 11.9 Å². The Morgan fingerprint density at radius 1 is 1.40 bits per heavy atom. The summed E-state index contributed by atoms with van der Waals surface area (Å²) < 4.78 is 0. The normalized spacial score (nSPS) is 24.2. The molecule has 10 nitrogen and oxygen atoms in total. The molecule has 1 saturated heterocycles. The van der Waals surface area contributed by atoms with Crippen LogP contribution in [0.1, 0.15) is 19.3 Å². The standard InChI is InChI=1S/C15H21N7O3/c1-21-13(23)8-22(15(21)24)11-4-5-12(17-7-11)18-9-2-3-10(6-9)19-14(16)20-25/h4-5,7,9-10,25H,2-3,6,8H2,1H3,(H,17,18)(H3,16,19,20)/t9-,10-/m0/s1. The second kappa shape index (κ2) is 6.93. The summed E-state index contributed by atoms with van der Waals surface area (Å²) in [5.74, 6) is 0.474. The predicted molar refractivity (Wildman–Crippen MR) is 91.3 cm³/mol. The van der Waals surface area contributed by atoms with E-state index in [2.05, 4.69) is 15.3 Å². The van der Waals surface area contributed by atoms with E-state index in [1.54, 1.807) is 18.3 Å². The number of nitrogens with two attached hydrogens (primary N) is 1. The summed E-state index contributed by atoms with van der Waals surface area (Å²) in [5.41, 5.74) is 7.88. The summed E-state index contributed by atoms with van der Waals surface area (Å²) in [5, 5.41) is 12.0. The average molecular weight is 347 g/mol. The fourth-order valence-corrected chi connectivity index (χ4v) is 3.07. The van der Waals surface area contributed by atoms with Crippen LogP contribution in [0, 0.1) is 0 Å². The van der Waals surface area contributed by atoms with Crippen molar-refractivity contribution >= 4 is 29.4 Å². The molecule has 0 spiro atoms. The molecule has 1 aromatic heterocycles. The molecule has 3 amide bonds. The quantitative estimate of drug-likeness (QED) is 0.262. The fraction of sp³-hybridized carbons (Fsp3) is 0.467. The molecule has 1 aliphatic carbocycles. The first-order valence-corrected chi connectivity index (χ1v) is 8.02. The number of aliphatic imine (C=N–C) groups is 1. The Morgan fingerprint density at radius 3 is 2.80 bits per heavy atom. The molecular weight excluding hydrogens is 326 g/mol. The van der Waals surface area contributed by atoms with Crippen molar-refractivity contribution in [3.8, 4) is 0 Å². The summed E-state index contributed by atoms with van der Waals surface area (Å²) >= 11 is 0. The van der Waals surface area contributed by atoms with Crippen LogP contribution >= 0.6 is 0 Å². The van der Waals surface area contributed by atoms with Gasteiger partial charge in [0.05, 0.1) is 17.9 Å². The van der Waals surface area contributed by atoms with E-state index < -0.39 is 0 Å². The molecule has 2 aliphatic rings. The number of hydrogen-bond donors (Lipinski definition) is 4. The molecule has 2 heterocycles. The second-order valence-electron chi connectivity index (χ2n) is 6.16. The van der Waals surface area contributed by atoms with Crippen molar-refractivity contribution in [2.24, 2.45) is 10.7 Å². The van der Waals surface area contributed by atoms with E-state index in [0.717, 1.165) is 24.2 Å². The first kappa shape index (κ1) is 17.0. The Hall–Kier alpha value is -2.88. The average Bonchev–Trinajstić information content (AvgIpc) is 3.15. The van der Waals surface area contributed by atoms with E-state index in [4.69, 9.17) is 10.9 Å². The molecule has 2 atom stereocenters. The molecule has 0 aromatic carbocycles. The van der Waals surface area contributed by atoms with Gasteiger partial charge in [-0.15, -0.1) is 0 Å². The lowest BCUT2D eigenvalue weighted by molar-refractivity contribution is -0.123. The highest BCUT2D eigenvalue weighted by Gasteiger charge is 2.34. The van der Waals surface area contributed by atoms with Gasteiger partial charge in [-0.05, 0) is 31.4 Å². The highest BCUT2D eigenvalue weighted by atomic mass is 16.5. The van der Waals surface area contributed by atoms with Crippen LogP contribution < -0.4 is 21.4 Å². The van der Waals surface area contributed by atoms with E-state index in [9.17, 15) is 9.59 Å². The molecule has 5 N–H and O–H groups in total. The van der Waals surface area contributed by atoms with Gasteiger partial charge in [-0.3, -0.25) is 19.8 Å². The van der Waals surface area contributed by atoms with Gasteiger partial charge >= 0.3 is 6.03 Å².